The Bertz CT molecular complexity index is 586. The molecule has 2 atom stereocenters. The van der Waals surface area contributed by atoms with Crippen molar-refractivity contribution in [3.63, 3.8) is 0 Å². The van der Waals surface area contributed by atoms with Crippen LogP contribution >= 0.6 is 0 Å². The van der Waals surface area contributed by atoms with Gasteiger partial charge in [0.2, 0.25) is 5.91 Å². The summed E-state index contributed by atoms with van der Waals surface area (Å²) in [5, 5.41) is 2.87. The van der Waals surface area contributed by atoms with Crippen molar-refractivity contribution >= 4 is 17.6 Å². The van der Waals surface area contributed by atoms with E-state index in [0.717, 1.165) is 12.8 Å². The number of rotatable bonds is 5. The number of nitrogens with one attached hydrogen (secondary N) is 1. The second kappa shape index (κ2) is 7.46. The highest BCUT2D eigenvalue weighted by molar-refractivity contribution is 5.97. The van der Waals surface area contributed by atoms with Crippen molar-refractivity contribution in [1.82, 2.24) is 0 Å². The zero-order chi connectivity index (χ0) is 17.0. The molecular weight excluding hydrogens is 296 g/mol. The molecule has 1 amide bonds. The molecule has 0 bridgehead atoms. The van der Waals surface area contributed by atoms with Crippen molar-refractivity contribution < 1.29 is 19.1 Å². The molecule has 23 heavy (non-hydrogen) atoms. The van der Waals surface area contributed by atoms with E-state index in [2.05, 4.69) is 5.32 Å². The number of carbonyl (C=O) groups excluding carboxylic acids is 2. The maximum atomic E-state index is 12.4. The SMILES string of the molecule is COC(=O)c1ccc(OC(C)C)c(NC(=O)C2CCC(N)C2)c1. The Hall–Kier alpha value is -2.08. The molecule has 0 aliphatic heterocycles. The number of hydrogen-bond donors (Lipinski definition) is 2. The summed E-state index contributed by atoms with van der Waals surface area (Å²) in [7, 11) is 1.32. The number of ether oxygens (including phenoxy) is 2. The maximum absolute atomic E-state index is 12.4. The summed E-state index contributed by atoms with van der Waals surface area (Å²) in [6.45, 7) is 3.80. The smallest absolute Gasteiger partial charge is 0.337 e. The summed E-state index contributed by atoms with van der Waals surface area (Å²) in [5.41, 5.74) is 6.71. The van der Waals surface area contributed by atoms with Gasteiger partial charge in [-0.3, -0.25) is 4.79 Å². The lowest BCUT2D eigenvalue weighted by molar-refractivity contribution is -0.119. The predicted octanol–water partition coefficient (Wildman–Crippen LogP) is 2.33. The van der Waals surface area contributed by atoms with E-state index in [-0.39, 0.29) is 24.0 Å². The van der Waals surface area contributed by atoms with Gasteiger partial charge in [0.1, 0.15) is 5.75 Å². The van der Waals surface area contributed by atoms with E-state index in [1.54, 1.807) is 18.2 Å². The molecule has 1 aliphatic rings. The van der Waals surface area contributed by atoms with Gasteiger partial charge in [0.25, 0.3) is 0 Å². The first kappa shape index (κ1) is 17.3. The third-order valence-electron chi connectivity index (χ3n) is 3.87. The van der Waals surface area contributed by atoms with E-state index >= 15 is 0 Å². The Kier molecular flexibility index (Phi) is 5.60. The van der Waals surface area contributed by atoms with E-state index in [1.807, 2.05) is 13.8 Å². The van der Waals surface area contributed by atoms with Crippen LogP contribution in [0.25, 0.3) is 0 Å². The zero-order valence-electron chi connectivity index (χ0n) is 13.8. The van der Waals surface area contributed by atoms with Crippen LogP contribution in [0.2, 0.25) is 0 Å². The van der Waals surface area contributed by atoms with Crippen LogP contribution < -0.4 is 15.8 Å². The summed E-state index contributed by atoms with van der Waals surface area (Å²) in [5.74, 6) is -0.116. The molecule has 2 unspecified atom stereocenters. The lowest BCUT2D eigenvalue weighted by atomic mass is 10.1. The normalized spacial score (nSPS) is 20.4. The predicted molar refractivity (Wildman–Crippen MR) is 87.5 cm³/mol. The highest BCUT2D eigenvalue weighted by Crippen LogP contribution is 2.30. The largest absolute Gasteiger partial charge is 0.489 e. The van der Waals surface area contributed by atoms with Crippen LogP contribution in [-0.4, -0.2) is 31.1 Å². The Morgan fingerprint density at radius 3 is 2.61 bits per heavy atom. The third kappa shape index (κ3) is 4.45. The highest BCUT2D eigenvalue weighted by atomic mass is 16.5. The number of anilines is 1. The van der Waals surface area contributed by atoms with E-state index in [1.165, 1.54) is 7.11 Å². The fourth-order valence-corrected chi connectivity index (χ4v) is 2.72. The summed E-state index contributed by atoms with van der Waals surface area (Å²) in [6.07, 6.45) is 2.28. The van der Waals surface area contributed by atoms with Crippen molar-refractivity contribution in [3.05, 3.63) is 23.8 Å². The number of carbonyl (C=O) groups is 2. The molecule has 6 heteroatoms. The molecular formula is C17H24N2O4. The standard InChI is InChI=1S/C17H24N2O4/c1-10(2)23-15-7-5-12(17(21)22-3)9-14(15)19-16(20)11-4-6-13(18)8-11/h5,7,9-11,13H,4,6,8,18H2,1-3H3,(H,19,20). The van der Waals surface area contributed by atoms with Gasteiger partial charge >= 0.3 is 5.97 Å². The molecule has 0 spiro atoms. The Morgan fingerprint density at radius 1 is 1.30 bits per heavy atom. The molecule has 1 saturated carbocycles. The van der Waals surface area contributed by atoms with Gasteiger partial charge in [0.15, 0.2) is 0 Å². The molecule has 1 fully saturated rings. The number of esters is 1. The average molecular weight is 320 g/mol. The number of hydrogen-bond acceptors (Lipinski definition) is 5. The molecule has 1 aromatic carbocycles. The fraction of sp³-hybridized carbons (Fsp3) is 0.529. The molecule has 3 N–H and O–H groups in total. The van der Waals surface area contributed by atoms with Crippen LogP contribution in [0.5, 0.6) is 5.75 Å². The molecule has 2 rings (SSSR count). The van der Waals surface area contributed by atoms with E-state index in [4.69, 9.17) is 15.2 Å². The minimum absolute atomic E-state index is 0.0467. The van der Waals surface area contributed by atoms with Crippen LogP contribution in [0.15, 0.2) is 18.2 Å². The third-order valence-corrected chi connectivity index (χ3v) is 3.87. The van der Waals surface area contributed by atoms with Gasteiger partial charge in [-0.2, -0.15) is 0 Å². The summed E-state index contributed by atoms with van der Waals surface area (Å²) in [6, 6.07) is 4.95. The topological polar surface area (TPSA) is 90.6 Å². The maximum Gasteiger partial charge on any atom is 0.337 e. The molecule has 0 aromatic heterocycles. The van der Waals surface area contributed by atoms with Crippen molar-refractivity contribution in [2.45, 2.75) is 45.3 Å². The van der Waals surface area contributed by atoms with Gasteiger partial charge in [-0.05, 0) is 51.3 Å². The lowest BCUT2D eigenvalue weighted by Crippen LogP contribution is -2.24. The molecule has 126 valence electrons. The summed E-state index contributed by atoms with van der Waals surface area (Å²) < 4.78 is 10.4. The first-order chi connectivity index (χ1) is 10.9. The summed E-state index contributed by atoms with van der Waals surface area (Å²) >= 11 is 0. The van der Waals surface area contributed by atoms with Crippen LogP contribution in [0.4, 0.5) is 5.69 Å². The first-order valence-corrected chi connectivity index (χ1v) is 7.86. The molecule has 6 nitrogen and oxygen atoms in total. The first-order valence-electron chi connectivity index (χ1n) is 7.86. The van der Waals surface area contributed by atoms with Crippen molar-refractivity contribution in [1.29, 1.82) is 0 Å². The van der Waals surface area contributed by atoms with Crippen molar-refractivity contribution in [2.75, 3.05) is 12.4 Å². The van der Waals surface area contributed by atoms with E-state index in [0.29, 0.717) is 23.4 Å². The van der Waals surface area contributed by atoms with Crippen LogP contribution in [0.3, 0.4) is 0 Å². The highest BCUT2D eigenvalue weighted by Gasteiger charge is 2.28. The number of benzene rings is 1. The van der Waals surface area contributed by atoms with Gasteiger partial charge in [0, 0.05) is 12.0 Å². The van der Waals surface area contributed by atoms with Crippen LogP contribution in [0.1, 0.15) is 43.5 Å². The van der Waals surface area contributed by atoms with E-state index in [9.17, 15) is 9.59 Å². The zero-order valence-corrected chi connectivity index (χ0v) is 13.8. The Morgan fingerprint density at radius 2 is 2.04 bits per heavy atom. The second-order valence-electron chi connectivity index (χ2n) is 6.13. The van der Waals surface area contributed by atoms with Crippen molar-refractivity contribution in [2.24, 2.45) is 11.7 Å². The molecule has 1 aliphatic carbocycles. The summed E-state index contributed by atoms with van der Waals surface area (Å²) in [4.78, 5) is 24.1. The fourth-order valence-electron chi connectivity index (χ4n) is 2.72. The lowest BCUT2D eigenvalue weighted by Gasteiger charge is -2.17. The van der Waals surface area contributed by atoms with Gasteiger partial charge in [-0.1, -0.05) is 0 Å². The van der Waals surface area contributed by atoms with Gasteiger partial charge in [-0.25, -0.2) is 4.79 Å². The number of nitrogens with two attached hydrogens (primary N) is 1. The van der Waals surface area contributed by atoms with Gasteiger partial charge in [-0.15, -0.1) is 0 Å². The number of methoxy groups -OCH3 is 1. The molecule has 1 aromatic rings. The minimum Gasteiger partial charge on any atom is -0.489 e. The quantitative estimate of drug-likeness (QED) is 0.813. The van der Waals surface area contributed by atoms with Crippen molar-refractivity contribution in [3.8, 4) is 5.75 Å². The van der Waals surface area contributed by atoms with Gasteiger partial charge < -0.3 is 20.5 Å². The second-order valence-corrected chi connectivity index (χ2v) is 6.13. The molecule has 0 radical (unpaired) electrons. The number of amides is 1. The average Bonchev–Trinajstić information content (AvgIpc) is 2.94. The van der Waals surface area contributed by atoms with E-state index < -0.39 is 5.97 Å². The van der Waals surface area contributed by atoms with Crippen LogP contribution in [0, 0.1) is 5.92 Å². The van der Waals surface area contributed by atoms with Crippen LogP contribution in [-0.2, 0) is 9.53 Å². The molecule has 0 saturated heterocycles. The van der Waals surface area contributed by atoms with Gasteiger partial charge in [0.05, 0.1) is 24.5 Å². The monoisotopic (exact) mass is 320 g/mol. The Balaban J connectivity index is 2.22. The minimum atomic E-state index is -0.459. The molecule has 0 heterocycles. The Labute approximate surface area is 136 Å².